The zero-order chi connectivity index (χ0) is 14.8. The van der Waals surface area contributed by atoms with Gasteiger partial charge in [-0.05, 0) is 54.7 Å². The van der Waals surface area contributed by atoms with Crippen LogP contribution in [0.5, 0.6) is 0 Å². The first-order valence-electron chi connectivity index (χ1n) is 7.55. The molecule has 2 rings (SSSR count). The smallest absolute Gasteiger partial charge is 0.141 e. The van der Waals surface area contributed by atoms with Gasteiger partial charge >= 0.3 is 0 Å². The highest BCUT2D eigenvalue weighted by Crippen LogP contribution is 2.46. The van der Waals surface area contributed by atoms with E-state index in [1.165, 1.54) is 18.9 Å². The van der Waals surface area contributed by atoms with E-state index >= 15 is 0 Å². The van der Waals surface area contributed by atoms with Crippen molar-refractivity contribution in [3.8, 4) is 0 Å². The van der Waals surface area contributed by atoms with Gasteiger partial charge in [0.1, 0.15) is 5.82 Å². The Hall–Kier alpha value is -0.600. The number of aliphatic hydroxyl groups is 1. The molecular weight excluding hydrogens is 275 g/mol. The summed E-state index contributed by atoms with van der Waals surface area (Å²) in [5, 5.41) is 10.9. The van der Waals surface area contributed by atoms with Crippen molar-refractivity contribution in [2.45, 2.75) is 58.5 Å². The van der Waals surface area contributed by atoms with Crippen molar-refractivity contribution in [3.63, 3.8) is 0 Å². The lowest BCUT2D eigenvalue weighted by molar-refractivity contribution is 0.0134. The molecule has 0 amide bonds. The Kier molecular flexibility index (Phi) is 5.09. The molecule has 1 saturated carbocycles. The molecular formula is C17H24ClFO. The fourth-order valence-corrected chi connectivity index (χ4v) is 3.88. The van der Waals surface area contributed by atoms with Gasteiger partial charge in [0.05, 0.1) is 11.1 Å². The zero-order valence-corrected chi connectivity index (χ0v) is 13.1. The molecule has 0 spiro atoms. The van der Waals surface area contributed by atoms with E-state index in [-0.39, 0.29) is 16.5 Å². The van der Waals surface area contributed by atoms with E-state index in [0.29, 0.717) is 12.3 Å². The molecule has 3 heteroatoms. The van der Waals surface area contributed by atoms with Gasteiger partial charge in [-0.3, -0.25) is 0 Å². The van der Waals surface area contributed by atoms with Gasteiger partial charge in [0.2, 0.25) is 0 Å². The van der Waals surface area contributed by atoms with Crippen LogP contribution >= 0.6 is 11.6 Å². The molecule has 0 heterocycles. The highest BCUT2D eigenvalue weighted by atomic mass is 35.5. The monoisotopic (exact) mass is 298 g/mol. The van der Waals surface area contributed by atoms with Crippen molar-refractivity contribution in [2.75, 3.05) is 0 Å². The van der Waals surface area contributed by atoms with Gasteiger partial charge in [-0.1, -0.05) is 44.4 Å². The first-order chi connectivity index (χ1) is 9.43. The highest BCUT2D eigenvalue weighted by molar-refractivity contribution is 6.30. The lowest BCUT2D eigenvalue weighted by Crippen LogP contribution is -2.35. The van der Waals surface area contributed by atoms with Crippen molar-refractivity contribution in [3.05, 3.63) is 34.6 Å². The van der Waals surface area contributed by atoms with Crippen molar-refractivity contribution in [1.29, 1.82) is 0 Å². The number of rotatable bonds is 5. The maximum atomic E-state index is 13.2. The Bertz CT molecular complexity index is 452. The molecule has 20 heavy (non-hydrogen) atoms. The molecule has 0 aliphatic heterocycles. The van der Waals surface area contributed by atoms with Crippen LogP contribution < -0.4 is 0 Å². The molecule has 1 aliphatic carbocycles. The number of halogens is 2. The van der Waals surface area contributed by atoms with E-state index < -0.39 is 5.82 Å². The summed E-state index contributed by atoms with van der Waals surface area (Å²) >= 11 is 5.82. The Morgan fingerprint density at radius 1 is 1.30 bits per heavy atom. The standard InChI is InChI=1S/C17H24ClFO/c1-12(2)11-17(7-3-4-8-17)16(20)10-13-5-6-15(19)14(18)9-13/h5-6,9,12,16,20H,3-4,7-8,10-11H2,1-2H3. The average Bonchev–Trinajstić information content (AvgIpc) is 2.83. The highest BCUT2D eigenvalue weighted by Gasteiger charge is 2.40. The maximum Gasteiger partial charge on any atom is 0.141 e. The summed E-state index contributed by atoms with van der Waals surface area (Å²) in [5.41, 5.74) is 0.952. The second-order valence-electron chi connectivity index (χ2n) is 6.64. The van der Waals surface area contributed by atoms with Crippen molar-refractivity contribution >= 4 is 11.6 Å². The topological polar surface area (TPSA) is 20.2 Å². The quantitative estimate of drug-likeness (QED) is 0.812. The summed E-state index contributed by atoms with van der Waals surface area (Å²) in [7, 11) is 0. The van der Waals surface area contributed by atoms with E-state index in [2.05, 4.69) is 13.8 Å². The van der Waals surface area contributed by atoms with Crippen LogP contribution in [-0.4, -0.2) is 11.2 Å². The first-order valence-corrected chi connectivity index (χ1v) is 7.93. The molecule has 0 bridgehead atoms. The molecule has 0 aromatic heterocycles. The number of benzene rings is 1. The van der Waals surface area contributed by atoms with Crippen LogP contribution in [0.3, 0.4) is 0 Å². The summed E-state index contributed by atoms with van der Waals surface area (Å²) in [4.78, 5) is 0. The normalized spacial score (nSPS) is 19.5. The molecule has 1 fully saturated rings. The summed E-state index contributed by atoms with van der Waals surface area (Å²) in [5.74, 6) is 0.183. The summed E-state index contributed by atoms with van der Waals surface area (Å²) < 4.78 is 13.2. The van der Waals surface area contributed by atoms with Gasteiger partial charge < -0.3 is 5.11 Å². The molecule has 1 nitrogen and oxygen atoms in total. The van der Waals surface area contributed by atoms with Crippen molar-refractivity contribution in [1.82, 2.24) is 0 Å². The van der Waals surface area contributed by atoms with Gasteiger partial charge in [0.25, 0.3) is 0 Å². The molecule has 0 saturated heterocycles. The van der Waals surface area contributed by atoms with Crippen molar-refractivity contribution in [2.24, 2.45) is 11.3 Å². The maximum absolute atomic E-state index is 13.2. The second kappa shape index (κ2) is 6.44. The largest absolute Gasteiger partial charge is 0.392 e. The Labute approximate surface area is 126 Å². The molecule has 0 radical (unpaired) electrons. The molecule has 1 aromatic rings. The lowest BCUT2D eigenvalue weighted by Gasteiger charge is -2.36. The third kappa shape index (κ3) is 3.53. The summed E-state index contributed by atoms with van der Waals surface area (Å²) in [6, 6.07) is 4.74. The zero-order valence-electron chi connectivity index (χ0n) is 12.3. The van der Waals surface area contributed by atoms with E-state index in [4.69, 9.17) is 11.6 Å². The van der Waals surface area contributed by atoms with E-state index in [1.807, 2.05) is 0 Å². The average molecular weight is 299 g/mol. The molecule has 1 unspecified atom stereocenters. The minimum Gasteiger partial charge on any atom is -0.392 e. The lowest BCUT2D eigenvalue weighted by atomic mass is 9.72. The van der Waals surface area contributed by atoms with Gasteiger partial charge in [-0.15, -0.1) is 0 Å². The third-order valence-corrected chi connectivity index (χ3v) is 4.82. The first kappa shape index (κ1) is 15.8. The van der Waals surface area contributed by atoms with Crippen LogP contribution in [0.25, 0.3) is 0 Å². The minimum atomic E-state index is -0.400. The summed E-state index contributed by atoms with van der Waals surface area (Å²) in [6.07, 6.45) is 5.86. The Morgan fingerprint density at radius 2 is 1.95 bits per heavy atom. The SMILES string of the molecule is CC(C)CC1(C(O)Cc2ccc(F)c(Cl)c2)CCCC1. The van der Waals surface area contributed by atoms with Crippen molar-refractivity contribution < 1.29 is 9.50 Å². The van der Waals surface area contributed by atoms with Crippen LogP contribution in [0.1, 0.15) is 51.5 Å². The van der Waals surface area contributed by atoms with E-state index in [0.717, 1.165) is 24.8 Å². The van der Waals surface area contributed by atoms with Gasteiger partial charge in [0.15, 0.2) is 0 Å². The Morgan fingerprint density at radius 3 is 2.50 bits per heavy atom. The molecule has 1 atom stereocenters. The van der Waals surface area contributed by atoms with Crippen LogP contribution in [0.4, 0.5) is 4.39 Å². The minimum absolute atomic E-state index is 0.0367. The van der Waals surface area contributed by atoms with Crippen LogP contribution in [0, 0.1) is 17.2 Å². The number of aliphatic hydroxyl groups excluding tert-OH is 1. The van der Waals surface area contributed by atoms with Gasteiger partial charge in [-0.2, -0.15) is 0 Å². The predicted molar refractivity (Wildman–Crippen MR) is 81.5 cm³/mol. The molecule has 1 aliphatic rings. The van der Waals surface area contributed by atoms with Gasteiger partial charge in [-0.25, -0.2) is 4.39 Å². The van der Waals surface area contributed by atoms with E-state index in [1.54, 1.807) is 12.1 Å². The summed E-state index contributed by atoms with van der Waals surface area (Å²) in [6.45, 7) is 4.42. The molecule has 1 N–H and O–H groups in total. The Balaban J connectivity index is 2.12. The molecule has 112 valence electrons. The second-order valence-corrected chi connectivity index (χ2v) is 7.04. The number of hydrogen-bond acceptors (Lipinski definition) is 1. The molecule has 1 aromatic carbocycles. The third-order valence-electron chi connectivity index (χ3n) is 4.53. The van der Waals surface area contributed by atoms with Crippen LogP contribution in [-0.2, 0) is 6.42 Å². The fourth-order valence-electron chi connectivity index (χ4n) is 3.67. The number of hydrogen-bond donors (Lipinski definition) is 1. The van der Waals surface area contributed by atoms with Crippen LogP contribution in [0.15, 0.2) is 18.2 Å². The van der Waals surface area contributed by atoms with Gasteiger partial charge in [0, 0.05) is 0 Å². The van der Waals surface area contributed by atoms with Crippen LogP contribution in [0.2, 0.25) is 5.02 Å². The fraction of sp³-hybridized carbons (Fsp3) is 0.647. The predicted octanol–water partition coefficient (Wildman–Crippen LogP) is 4.99. The van der Waals surface area contributed by atoms with E-state index in [9.17, 15) is 9.50 Å².